The largest absolute Gasteiger partial charge is 0.507 e. The van der Waals surface area contributed by atoms with E-state index in [1.165, 1.54) is 0 Å². The molecule has 0 bridgehead atoms. The predicted octanol–water partition coefficient (Wildman–Crippen LogP) is 5.85. The van der Waals surface area contributed by atoms with Gasteiger partial charge in [-0.15, -0.1) is 0 Å². The lowest BCUT2D eigenvalue weighted by Crippen LogP contribution is -2.18. The van der Waals surface area contributed by atoms with Crippen molar-refractivity contribution in [2.75, 3.05) is 0 Å². The Morgan fingerprint density at radius 2 is 1.39 bits per heavy atom. The molecule has 4 nitrogen and oxygen atoms in total. The summed E-state index contributed by atoms with van der Waals surface area (Å²) in [6.45, 7) is 12.0. The minimum absolute atomic E-state index is 0.0965. The Kier molecular flexibility index (Phi) is 4.75. The first-order chi connectivity index (χ1) is 12.8. The van der Waals surface area contributed by atoms with Gasteiger partial charge in [0.25, 0.3) is 5.56 Å². The average molecular weight is 400 g/mol. The smallest absolute Gasteiger partial charge is 0.260 e. The van der Waals surface area contributed by atoms with Crippen LogP contribution in [0, 0.1) is 0 Å². The van der Waals surface area contributed by atoms with Crippen LogP contribution in [0.3, 0.4) is 0 Å². The molecule has 3 N–H and O–H groups in total. The average Bonchev–Trinajstić information content (AvgIpc) is 2.53. The molecule has 0 saturated carbocycles. The lowest BCUT2D eigenvalue weighted by molar-refractivity contribution is 0.423. The summed E-state index contributed by atoms with van der Waals surface area (Å²) >= 11 is 6.01. The van der Waals surface area contributed by atoms with Gasteiger partial charge in [0.2, 0.25) is 0 Å². The quantitative estimate of drug-likeness (QED) is 0.480. The van der Waals surface area contributed by atoms with Crippen LogP contribution in [0.15, 0.2) is 35.1 Å². The van der Waals surface area contributed by atoms with E-state index in [-0.39, 0.29) is 27.9 Å². The van der Waals surface area contributed by atoms with Gasteiger partial charge in [-0.1, -0.05) is 53.1 Å². The number of aromatic hydroxyl groups is 2. The van der Waals surface area contributed by atoms with Gasteiger partial charge in [-0.25, -0.2) is 0 Å². The molecule has 0 fully saturated rings. The molecule has 3 aromatic rings. The Morgan fingerprint density at radius 3 is 1.89 bits per heavy atom. The molecule has 0 aliphatic carbocycles. The van der Waals surface area contributed by atoms with Gasteiger partial charge in [-0.05, 0) is 46.7 Å². The van der Waals surface area contributed by atoms with Crippen molar-refractivity contribution in [3.8, 4) is 22.6 Å². The highest BCUT2D eigenvalue weighted by Gasteiger charge is 2.28. The minimum Gasteiger partial charge on any atom is -0.507 e. The summed E-state index contributed by atoms with van der Waals surface area (Å²) in [6, 6.07) is 8.54. The highest BCUT2D eigenvalue weighted by Crippen LogP contribution is 2.43. The first kappa shape index (κ1) is 20.3. The number of phenols is 1. The van der Waals surface area contributed by atoms with Crippen molar-refractivity contribution >= 4 is 22.5 Å². The molecular formula is C23H26ClNO3. The summed E-state index contributed by atoms with van der Waals surface area (Å²) in [6.07, 6.45) is 0. The summed E-state index contributed by atoms with van der Waals surface area (Å²) in [5.74, 6) is 0.132. The van der Waals surface area contributed by atoms with Gasteiger partial charge >= 0.3 is 0 Å². The zero-order valence-electron chi connectivity index (χ0n) is 17.1. The van der Waals surface area contributed by atoms with E-state index >= 15 is 0 Å². The SMILES string of the molecule is CC(C)(C)c1cc(-c2c(O)c3ccc(Cl)cc3[nH]c2=O)cc(C(C)(C)C)c1O. The van der Waals surface area contributed by atoms with E-state index in [0.717, 1.165) is 11.1 Å². The molecule has 0 amide bonds. The molecule has 2 aromatic carbocycles. The predicted molar refractivity (Wildman–Crippen MR) is 116 cm³/mol. The van der Waals surface area contributed by atoms with E-state index in [9.17, 15) is 15.0 Å². The molecule has 1 heterocycles. The second kappa shape index (κ2) is 6.56. The van der Waals surface area contributed by atoms with E-state index in [4.69, 9.17) is 11.6 Å². The van der Waals surface area contributed by atoms with Crippen molar-refractivity contribution in [1.29, 1.82) is 0 Å². The molecule has 0 unspecified atom stereocenters. The highest BCUT2D eigenvalue weighted by atomic mass is 35.5. The van der Waals surface area contributed by atoms with Crippen LogP contribution in [0.25, 0.3) is 22.0 Å². The zero-order valence-corrected chi connectivity index (χ0v) is 17.8. The van der Waals surface area contributed by atoms with Gasteiger partial charge in [-0.3, -0.25) is 4.79 Å². The van der Waals surface area contributed by atoms with Gasteiger partial charge in [0.15, 0.2) is 0 Å². The second-order valence-corrected chi connectivity index (χ2v) is 9.72. The molecule has 0 aliphatic rings. The number of hydrogen-bond donors (Lipinski definition) is 3. The van der Waals surface area contributed by atoms with Crippen LogP contribution in [0.4, 0.5) is 0 Å². The van der Waals surface area contributed by atoms with Crippen molar-refractivity contribution in [3.63, 3.8) is 0 Å². The van der Waals surface area contributed by atoms with E-state index in [2.05, 4.69) is 4.98 Å². The number of hydrogen-bond acceptors (Lipinski definition) is 3. The first-order valence-electron chi connectivity index (χ1n) is 9.23. The fourth-order valence-corrected chi connectivity index (χ4v) is 3.62. The molecular weight excluding hydrogens is 374 g/mol. The number of nitrogens with one attached hydrogen (secondary N) is 1. The Bertz CT molecular complexity index is 1100. The fourth-order valence-electron chi connectivity index (χ4n) is 3.44. The molecule has 0 spiro atoms. The summed E-state index contributed by atoms with van der Waals surface area (Å²) in [5, 5.41) is 22.8. The summed E-state index contributed by atoms with van der Waals surface area (Å²) in [7, 11) is 0. The van der Waals surface area contributed by atoms with E-state index in [1.807, 2.05) is 41.5 Å². The lowest BCUT2D eigenvalue weighted by atomic mass is 9.77. The zero-order chi connectivity index (χ0) is 21.0. The first-order valence-corrected chi connectivity index (χ1v) is 9.61. The van der Waals surface area contributed by atoms with E-state index < -0.39 is 5.56 Å². The molecule has 0 atom stereocenters. The Morgan fingerprint density at radius 1 is 0.857 bits per heavy atom. The number of fused-ring (bicyclic) bond motifs is 1. The van der Waals surface area contributed by atoms with Crippen molar-refractivity contribution in [3.05, 3.63) is 56.8 Å². The number of H-pyrrole nitrogens is 1. The molecule has 5 heteroatoms. The monoisotopic (exact) mass is 399 g/mol. The van der Waals surface area contributed by atoms with Gasteiger partial charge in [0.05, 0.1) is 11.1 Å². The van der Waals surface area contributed by atoms with Crippen molar-refractivity contribution in [2.45, 2.75) is 52.4 Å². The highest BCUT2D eigenvalue weighted by molar-refractivity contribution is 6.31. The summed E-state index contributed by atoms with van der Waals surface area (Å²) in [5.41, 5.74) is 1.60. The molecule has 0 aliphatic heterocycles. The van der Waals surface area contributed by atoms with Crippen LogP contribution in [0.5, 0.6) is 11.5 Å². The maximum absolute atomic E-state index is 12.9. The Labute approximate surface area is 169 Å². The summed E-state index contributed by atoms with van der Waals surface area (Å²) in [4.78, 5) is 15.7. The number of rotatable bonds is 1. The third kappa shape index (κ3) is 3.49. The van der Waals surface area contributed by atoms with E-state index in [0.29, 0.717) is 21.5 Å². The second-order valence-electron chi connectivity index (χ2n) is 9.29. The molecule has 1 aromatic heterocycles. The number of benzene rings is 2. The van der Waals surface area contributed by atoms with Crippen LogP contribution in [0.1, 0.15) is 52.7 Å². The maximum Gasteiger partial charge on any atom is 0.260 e. The number of aromatic amines is 1. The molecule has 3 rings (SSSR count). The van der Waals surface area contributed by atoms with Gasteiger partial charge in [0, 0.05) is 21.5 Å². The molecule has 28 heavy (non-hydrogen) atoms. The van der Waals surface area contributed by atoms with Gasteiger partial charge < -0.3 is 15.2 Å². The number of pyridine rings is 1. The third-order valence-corrected chi connectivity index (χ3v) is 5.20. The fraction of sp³-hybridized carbons (Fsp3) is 0.348. The molecule has 0 saturated heterocycles. The van der Waals surface area contributed by atoms with Crippen LogP contribution in [-0.4, -0.2) is 15.2 Å². The topological polar surface area (TPSA) is 73.3 Å². The number of halogens is 1. The van der Waals surface area contributed by atoms with Gasteiger partial charge in [-0.2, -0.15) is 0 Å². The van der Waals surface area contributed by atoms with Crippen LogP contribution < -0.4 is 5.56 Å². The normalized spacial score (nSPS) is 12.5. The molecule has 0 radical (unpaired) electrons. The van der Waals surface area contributed by atoms with Crippen LogP contribution >= 0.6 is 11.6 Å². The Balaban J connectivity index is 2.42. The van der Waals surface area contributed by atoms with E-state index in [1.54, 1.807) is 30.3 Å². The number of phenolic OH excluding ortho intramolecular Hbond substituents is 1. The van der Waals surface area contributed by atoms with Crippen molar-refractivity contribution < 1.29 is 10.2 Å². The summed E-state index contributed by atoms with van der Waals surface area (Å²) < 4.78 is 0. The number of aromatic nitrogens is 1. The van der Waals surface area contributed by atoms with Crippen molar-refractivity contribution in [2.24, 2.45) is 0 Å². The van der Waals surface area contributed by atoms with Crippen molar-refractivity contribution in [1.82, 2.24) is 4.98 Å². The molecule has 148 valence electrons. The van der Waals surface area contributed by atoms with Gasteiger partial charge in [0.1, 0.15) is 11.5 Å². The standard InChI is InChI=1S/C23H26ClNO3/c1-22(2,3)15-9-12(10-16(20(15)27)23(4,5)6)18-19(26)14-8-7-13(24)11-17(14)25-21(18)28/h7-11,27H,1-6H3,(H2,25,26,28). The van der Waals surface area contributed by atoms with Crippen LogP contribution in [-0.2, 0) is 10.8 Å². The lowest BCUT2D eigenvalue weighted by Gasteiger charge is -2.28. The Hall–Kier alpha value is -2.46. The van der Waals surface area contributed by atoms with Crippen LogP contribution in [0.2, 0.25) is 5.02 Å². The third-order valence-electron chi connectivity index (χ3n) is 4.96. The maximum atomic E-state index is 12.9. The minimum atomic E-state index is -0.405.